The van der Waals surface area contributed by atoms with E-state index < -0.39 is 0 Å². The van der Waals surface area contributed by atoms with Crippen LogP contribution in [0.2, 0.25) is 0 Å². The summed E-state index contributed by atoms with van der Waals surface area (Å²) < 4.78 is 0. The van der Waals surface area contributed by atoms with Crippen LogP contribution in [-0.2, 0) is 4.79 Å². The highest BCUT2D eigenvalue weighted by Gasteiger charge is 2.35. The summed E-state index contributed by atoms with van der Waals surface area (Å²) in [5.41, 5.74) is 0. The van der Waals surface area contributed by atoms with Crippen LogP contribution in [0.3, 0.4) is 0 Å². The van der Waals surface area contributed by atoms with Gasteiger partial charge < -0.3 is 4.90 Å². The lowest BCUT2D eigenvalue weighted by molar-refractivity contribution is -0.134. The third-order valence-corrected chi connectivity index (χ3v) is 3.98. The van der Waals surface area contributed by atoms with Crippen LogP contribution in [0.1, 0.15) is 36.4 Å². The van der Waals surface area contributed by atoms with Crippen LogP contribution >= 0.6 is 11.3 Å². The molecule has 1 aromatic heterocycles. The monoisotopic (exact) mass is 251 g/mol. The number of carbonyl (C=O) groups excluding carboxylic acids is 2. The maximum absolute atomic E-state index is 12.3. The molecule has 0 aliphatic carbocycles. The Morgan fingerprint density at radius 2 is 2.24 bits per heavy atom. The number of carbonyl (C=O) groups is 2. The summed E-state index contributed by atoms with van der Waals surface area (Å²) in [4.78, 5) is 26.8. The second-order valence-electron chi connectivity index (χ2n) is 4.69. The quantitative estimate of drug-likeness (QED) is 0.774. The number of nitrogens with zero attached hydrogens (tertiary/aromatic N) is 1. The molecule has 1 saturated heterocycles. The molecule has 0 aromatic carbocycles. The summed E-state index contributed by atoms with van der Waals surface area (Å²) in [7, 11) is 0. The predicted molar refractivity (Wildman–Crippen MR) is 68.2 cm³/mol. The highest BCUT2D eigenvalue weighted by atomic mass is 32.1. The average Bonchev–Trinajstić information content (AvgIpc) is 2.97. The number of hydrogen-bond donors (Lipinski definition) is 0. The molecule has 0 N–H and O–H groups in total. The summed E-state index contributed by atoms with van der Waals surface area (Å²) >= 11 is 1.45. The SMILES string of the molecule is CC(C)C(=O)N1CCCC1C(=O)c1cccs1. The van der Waals surface area contributed by atoms with Crippen molar-refractivity contribution in [2.75, 3.05) is 6.54 Å². The van der Waals surface area contributed by atoms with Crippen molar-refractivity contribution >= 4 is 23.0 Å². The summed E-state index contributed by atoms with van der Waals surface area (Å²) in [6.07, 6.45) is 1.73. The number of likely N-dealkylation sites (tertiary alicyclic amines) is 1. The number of thiophene rings is 1. The fourth-order valence-corrected chi connectivity index (χ4v) is 2.93. The van der Waals surface area contributed by atoms with Crippen molar-refractivity contribution in [1.29, 1.82) is 0 Å². The summed E-state index contributed by atoms with van der Waals surface area (Å²) in [5, 5.41) is 1.90. The van der Waals surface area contributed by atoms with Gasteiger partial charge in [0.05, 0.1) is 10.9 Å². The second-order valence-corrected chi connectivity index (χ2v) is 5.63. The van der Waals surface area contributed by atoms with E-state index in [-0.39, 0.29) is 23.7 Å². The van der Waals surface area contributed by atoms with Crippen molar-refractivity contribution in [3.8, 4) is 0 Å². The predicted octanol–water partition coefficient (Wildman–Crippen LogP) is 2.58. The van der Waals surface area contributed by atoms with Gasteiger partial charge in [-0.15, -0.1) is 11.3 Å². The van der Waals surface area contributed by atoms with Crippen LogP contribution in [-0.4, -0.2) is 29.2 Å². The van der Waals surface area contributed by atoms with Gasteiger partial charge in [0.25, 0.3) is 0 Å². The third kappa shape index (κ3) is 2.41. The molecule has 2 heterocycles. The molecule has 1 amide bonds. The van der Waals surface area contributed by atoms with Crippen molar-refractivity contribution in [3.05, 3.63) is 22.4 Å². The van der Waals surface area contributed by atoms with Gasteiger partial charge >= 0.3 is 0 Å². The van der Waals surface area contributed by atoms with Gasteiger partial charge in [0.15, 0.2) is 5.78 Å². The van der Waals surface area contributed by atoms with Gasteiger partial charge in [-0.3, -0.25) is 9.59 Å². The van der Waals surface area contributed by atoms with E-state index in [2.05, 4.69) is 0 Å². The Labute approximate surface area is 105 Å². The van der Waals surface area contributed by atoms with E-state index in [1.165, 1.54) is 11.3 Å². The van der Waals surface area contributed by atoms with E-state index in [0.29, 0.717) is 0 Å². The Hall–Kier alpha value is -1.16. The largest absolute Gasteiger partial charge is 0.332 e. The van der Waals surface area contributed by atoms with Gasteiger partial charge in [-0.05, 0) is 24.3 Å². The Morgan fingerprint density at radius 1 is 1.47 bits per heavy atom. The Morgan fingerprint density at radius 3 is 2.82 bits per heavy atom. The molecule has 92 valence electrons. The molecule has 0 radical (unpaired) electrons. The van der Waals surface area contributed by atoms with Crippen molar-refractivity contribution in [2.24, 2.45) is 5.92 Å². The van der Waals surface area contributed by atoms with E-state index in [9.17, 15) is 9.59 Å². The molecule has 4 heteroatoms. The number of hydrogen-bond acceptors (Lipinski definition) is 3. The topological polar surface area (TPSA) is 37.4 Å². The van der Waals surface area contributed by atoms with Crippen LogP contribution in [0.5, 0.6) is 0 Å². The first-order valence-electron chi connectivity index (χ1n) is 5.99. The van der Waals surface area contributed by atoms with Gasteiger partial charge in [-0.25, -0.2) is 0 Å². The highest BCUT2D eigenvalue weighted by molar-refractivity contribution is 7.12. The molecule has 0 bridgehead atoms. The minimum Gasteiger partial charge on any atom is -0.332 e. The summed E-state index contributed by atoms with van der Waals surface area (Å²) in [5.74, 6) is 0.163. The van der Waals surface area contributed by atoms with E-state index in [0.717, 1.165) is 24.3 Å². The van der Waals surface area contributed by atoms with E-state index >= 15 is 0 Å². The van der Waals surface area contributed by atoms with E-state index in [4.69, 9.17) is 0 Å². The molecule has 17 heavy (non-hydrogen) atoms. The zero-order valence-corrected chi connectivity index (χ0v) is 11.0. The maximum atomic E-state index is 12.3. The van der Waals surface area contributed by atoms with E-state index in [1.54, 1.807) is 4.90 Å². The second kappa shape index (κ2) is 5.00. The molecular formula is C13H17NO2S. The average molecular weight is 251 g/mol. The Balaban J connectivity index is 2.15. The van der Waals surface area contributed by atoms with Crippen molar-refractivity contribution < 1.29 is 9.59 Å². The van der Waals surface area contributed by atoms with Gasteiger partial charge in [0.1, 0.15) is 0 Å². The number of amides is 1. The van der Waals surface area contributed by atoms with Crippen LogP contribution in [0.25, 0.3) is 0 Å². The maximum Gasteiger partial charge on any atom is 0.225 e. The third-order valence-electron chi connectivity index (χ3n) is 3.10. The zero-order chi connectivity index (χ0) is 12.4. The van der Waals surface area contributed by atoms with Gasteiger partial charge in [-0.1, -0.05) is 19.9 Å². The van der Waals surface area contributed by atoms with Gasteiger partial charge in [-0.2, -0.15) is 0 Å². The molecule has 1 unspecified atom stereocenters. The molecule has 1 aliphatic heterocycles. The van der Waals surface area contributed by atoms with Crippen molar-refractivity contribution in [1.82, 2.24) is 4.90 Å². The molecular weight excluding hydrogens is 234 g/mol. The number of ketones is 1. The molecule has 1 aliphatic rings. The van der Waals surface area contributed by atoms with Crippen LogP contribution < -0.4 is 0 Å². The lowest BCUT2D eigenvalue weighted by Crippen LogP contribution is -2.42. The Kier molecular flexibility index (Phi) is 3.62. The first-order valence-corrected chi connectivity index (χ1v) is 6.87. The molecule has 1 atom stereocenters. The Bertz CT molecular complexity index is 411. The smallest absolute Gasteiger partial charge is 0.225 e. The normalized spacial score (nSPS) is 19.9. The van der Waals surface area contributed by atoms with Crippen molar-refractivity contribution in [2.45, 2.75) is 32.7 Å². The number of Topliss-reactive ketones (excluding diaryl/α,β-unsaturated/α-hetero) is 1. The fraction of sp³-hybridized carbons (Fsp3) is 0.538. The van der Waals surface area contributed by atoms with Gasteiger partial charge in [0, 0.05) is 12.5 Å². The minimum atomic E-state index is -0.233. The molecule has 1 fully saturated rings. The minimum absolute atomic E-state index is 0.0354. The molecule has 0 saturated carbocycles. The van der Waals surface area contributed by atoms with Crippen LogP contribution in [0.4, 0.5) is 0 Å². The first-order chi connectivity index (χ1) is 8.11. The van der Waals surface area contributed by atoms with E-state index in [1.807, 2.05) is 31.4 Å². The summed E-state index contributed by atoms with van der Waals surface area (Å²) in [6.45, 7) is 4.49. The highest BCUT2D eigenvalue weighted by Crippen LogP contribution is 2.24. The fourth-order valence-electron chi connectivity index (χ4n) is 2.22. The molecule has 2 rings (SSSR count). The molecule has 3 nitrogen and oxygen atoms in total. The molecule has 0 spiro atoms. The molecule has 1 aromatic rings. The lowest BCUT2D eigenvalue weighted by Gasteiger charge is -2.25. The van der Waals surface area contributed by atoms with Gasteiger partial charge in [0.2, 0.25) is 5.91 Å². The standard InChI is InChI=1S/C13H17NO2S/c1-9(2)13(16)14-7-3-5-10(14)12(15)11-6-4-8-17-11/h4,6,8-10H,3,5,7H2,1-2H3. The van der Waals surface area contributed by atoms with Crippen LogP contribution in [0, 0.1) is 5.92 Å². The number of rotatable bonds is 3. The summed E-state index contributed by atoms with van der Waals surface area (Å²) in [6, 6.07) is 3.48. The lowest BCUT2D eigenvalue weighted by atomic mass is 10.1. The first kappa shape index (κ1) is 12.3. The van der Waals surface area contributed by atoms with Crippen LogP contribution in [0.15, 0.2) is 17.5 Å². The zero-order valence-electron chi connectivity index (χ0n) is 10.2. The van der Waals surface area contributed by atoms with Crippen molar-refractivity contribution in [3.63, 3.8) is 0 Å².